The second kappa shape index (κ2) is 68.7. The summed E-state index contributed by atoms with van der Waals surface area (Å²) in [5.74, 6) is -0.253. The molecule has 2 fully saturated rings. The molecule has 100 heavy (non-hydrogen) atoms. The SMILES string of the molecule is CC/C=C\C/C=C\C/C=C\C/C=C\C/C=C\C/C=C\CCCCCCCCCCCCCCCCCCC(=O)NC(COC1OC(CO)C(OC2OC(CO)C(O)C(O)C2O)C(O)C1O)C(O)/C=C/CC/C=C/CC/C=C/CCCCCCCCCCCCCCCCCCCCCCC. The number of aliphatic hydroxyl groups excluding tert-OH is 8. The van der Waals surface area contributed by atoms with Crippen LogP contribution in [0.3, 0.4) is 0 Å². The molecule has 2 heterocycles. The summed E-state index contributed by atoms with van der Waals surface area (Å²) in [6.45, 7) is 2.70. The molecule has 0 saturated carbocycles. The van der Waals surface area contributed by atoms with Crippen molar-refractivity contribution in [3.05, 3.63) is 109 Å². The van der Waals surface area contributed by atoms with Crippen LogP contribution in [0.2, 0.25) is 0 Å². The Bertz CT molecular complexity index is 2100. The summed E-state index contributed by atoms with van der Waals surface area (Å²) in [5.41, 5.74) is 0. The second-order valence-electron chi connectivity index (χ2n) is 28.5. The van der Waals surface area contributed by atoms with Crippen LogP contribution in [-0.4, -0.2) is 140 Å². The zero-order chi connectivity index (χ0) is 72.2. The molecule has 12 unspecified atom stereocenters. The number of rotatable bonds is 68. The van der Waals surface area contributed by atoms with Crippen molar-refractivity contribution in [2.45, 2.75) is 408 Å². The first kappa shape index (κ1) is 92.7. The van der Waals surface area contributed by atoms with Crippen molar-refractivity contribution in [2.75, 3.05) is 19.8 Å². The van der Waals surface area contributed by atoms with Crippen LogP contribution in [0.5, 0.6) is 0 Å². The van der Waals surface area contributed by atoms with Crippen LogP contribution in [0, 0.1) is 0 Å². The van der Waals surface area contributed by atoms with E-state index in [1.165, 1.54) is 218 Å². The molecule has 1 amide bonds. The lowest BCUT2D eigenvalue weighted by Crippen LogP contribution is -2.65. The molecule has 0 spiro atoms. The van der Waals surface area contributed by atoms with Crippen LogP contribution in [0.25, 0.3) is 0 Å². The van der Waals surface area contributed by atoms with E-state index in [0.717, 1.165) is 83.5 Å². The van der Waals surface area contributed by atoms with E-state index in [2.05, 4.69) is 116 Å². The van der Waals surface area contributed by atoms with Gasteiger partial charge in [0.15, 0.2) is 12.6 Å². The first-order valence-electron chi connectivity index (χ1n) is 41.1. The standard InChI is InChI=1S/C86H151NO13/c1-3-5-7-9-11-13-15-17-19-21-23-25-27-29-31-33-35-36-37-38-40-42-44-46-48-50-52-54-56-58-60-62-64-66-68-70-78(91)87-74(73-97-85-83(96)81(94)84(77(72-89)99-85)100-86-82(95)80(93)79(92)76(71-88)98-86)75(90)69-67-65-63-61-59-57-55-53-51-49-47-45-43-41-39-34-32-30-28-26-24-22-20-18-16-14-12-10-8-6-4-2/h5,7,11,13,17,19,23,25,29,31,35-36,51,53,59,61,67,69,74-77,79-86,88-90,92-96H,3-4,6,8-10,12,14-16,18,20-22,24,26-28,30,32-34,37-50,52,54-58,60,62-66,68,70-73H2,1-2H3,(H,87,91)/b7-5-,13-11-,19-17-,25-23-,31-29-,36-35-,53-51+,61-59+,69-67+. The molecule has 0 bridgehead atoms. The van der Waals surface area contributed by atoms with E-state index >= 15 is 0 Å². The number of hydrogen-bond donors (Lipinski definition) is 9. The van der Waals surface area contributed by atoms with Crippen LogP contribution in [0.1, 0.15) is 335 Å². The van der Waals surface area contributed by atoms with Crippen molar-refractivity contribution < 1.29 is 64.6 Å². The van der Waals surface area contributed by atoms with Crippen molar-refractivity contribution in [3.63, 3.8) is 0 Å². The molecule has 0 aromatic heterocycles. The number of carbonyl (C=O) groups excluding carboxylic acids is 1. The van der Waals surface area contributed by atoms with E-state index in [1.807, 2.05) is 6.08 Å². The van der Waals surface area contributed by atoms with E-state index in [1.54, 1.807) is 6.08 Å². The molecule has 2 rings (SSSR count). The number of ether oxygens (including phenoxy) is 4. The van der Waals surface area contributed by atoms with Crippen molar-refractivity contribution in [2.24, 2.45) is 0 Å². The lowest BCUT2D eigenvalue weighted by atomic mass is 9.97. The predicted octanol–water partition coefficient (Wildman–Crippen LogP) is 19.0. The molecule has 0 aromatic carbocycles. The van der Waals surface area contributed by atoms with Crippen molar-refractivity contribution in [1.29, 1.82) is 0 Å². The molecule has 0 radical (unpaired) electrons. The molecule has 12 atom stereocenters. The summed E-state index contributed by atoms with van der Waals surface area (Å²) in [7, 11) is 0. The van der Waals surface area contributed by atoms with Gasteiger partial charge < -0.3 is 65.1 Å². The number of nitrogens with one attached hydrogen (secondary N) is 1. The third kappa shape index (κ3) is 50.9. The topological polar surface area (TPSA) is 228 Å². The molecule has 578 valence electrons. The van der Waals surface area contributed by atoms with Gasteiger partial charge >= 0.3 is 0 Å². The fourth-order valence-electron chi connectivity index (χ4n) is 13.0. The van der Waals surface area contributed by atoms with Gasteiger partial charge in [0.25, 0.3) is 0 Å². The van der Waals surface area contributed by atoms with Gasteiger partial charge in [0, 0.05) is 6.42 Å². The van der Waals surface area contributed by atoms with Crippen LogP contribution >= 0.6 is 0 Å². The number of amides is 1. The Morgan fingerprint density at radius 3 is 1.10 bits per heavy atom. The Kier molecular flexibility index (Phi) is 63.7. The van der Waals surface area contributed by atoms with Crippen LogP contribution in [0.4, 0.5) is 0 Å². The number of allylic oxidation sites excluding steroid dienone is 17. The highest BCUT2D eigenvalue weighted by Gasteiger charge is 2.51. The molecule has 2 aliphatic heterocycles. The summed E-state index contributed by atoms with van der Waals surface area (Å²) in [6.07, 6.45) is 83.2. The summed E-state index contributed by atoms with van der Waals surface area (Å²) in [5, 5.41) is 87.7. The Balaban J connectivity index is 1.63. The lowest BCUT2D eigenvalue weighted by Gasteiger charge is -2.46. The molecular weight excluding hydrogens is 1250 g/mol. The average Bonchev–Trinajstić information content (AvgIpc) is 0.790. The number of carbonyl (C=O) groups is 1. The van der Waals surface area contributed by atoms with Crippen molar-refractivity contribution in [1.82, 2.24) is 5.32 Å². The molecule has 0 aromatic rings. The minimum atomic E-state index is -1.80. The maximum atomic E-state index is 13.4. The zero-order valence-corrected chi connectivity index (χ0v) is 63.4. The zero-order valence-electron chi connectivity index (χ0n) is 63.4. The molecule has 2 saturated heterocycles. The highest BCUT2D eigenvalue weighted by atomic mass is 16.7. The first-order chi connectivity index (χ1) is 49.1. The highest BCUT2D eigenvalue weighted by Crippen LogP contribution is 2.30. The average molecular weight is 1410 g/mol. The van der Waals surface area contributed by atoms with E-state index in [-0.39, 0.29) is 18.9 Å². The van der Waals surface area contributed by atoms with Gasteiger partial charge in [-0.25, -0.2) is 0 Å². The lowest BCUT2D eigenvalue weighted by molar-refractivity contribution is -0.359. The third-order valence-corrected chi connectivity index (χ3v) is 19.4. The molecule has 14 nitrogen and oxygen atoms in total. The normalized spacial score (nSPS) is 22.4. The Hall–Kier alpha value is -3.35. The van der Waals surface area contributed by atoms with Crippen LogP contribution < -0.4 is 5.32 Å². The minimum Gasteiger partial charge on any atom is -0.394 e. The molecule has 0 aliphatic carbocycles. The van der Waals surface area contributed by atoms with Crippen molar-refractivity contribution >= 4 is 5.91 Å². The highest BCUT2D eigenvalue weighted by molar-refractivity contribution is 5.76. The summed E-state index contributed by atoms with van der Waals surface area (Å²) >= 11 is 0. The van der Waals surface area contributed by atoms with Crippen molar-refractivity contribution in [3.8, 4) is 0 Å². The first-order valence-corrected chi connectivity index (χ1v) is 41.1. The molecule has 9 N–H and O–H groups in total. The summed E-state index contributed by atoms with van der Waals surface area (Å²) < 4.78 is 22.9. The van der Waals surface area contributed by atoms with E-state index in [9.17, 15) is 45.6 Å². The van der Waals surface area contributed by atoms with Gasteiger partial charge in [0.05, 0.1) is 32.0 Å². The van der Waals surface area contributed by atoms with E-state index in [0.29, 0.717) is 12.8 Å². The smallest absolute Gasteiger partial charge is 0.220 e. The number of hydrogen-bond acceptors (Lipinski definition) is 13. The van der Waals surface area contributed by atoms with Crippen LogP contribution in [-0.2, 0) is 23.7 Å². The quantitative estimate of drug-likeness (QED) is 0.0204. The van der Waals surface area contributed by atoms with Gasteiger partial charge in [0.1, 0.15) is 48.8 Å². The van der Waals surface area contributed by atoms with Gasteiger partial charge in [-0.15, -0.1) is 0 Å². The maximum absolute atomic E-state index is 13.4. The van der Waals surface area contributed by atoms with E-state index < -0.39 is 86.8 Å². The van der Waals surface area contributed by atoms with E-state index in [4.69, 9.17) is 18.9 Å². The van der Waals surface area contributed by atoms with Gasteiger partial charge in [-0.2, -0.15) is 0 Å². The molecular formula is C86H151NO13. The number of unbranched alkanes of at least 4 members (excludes halogenated alkanes) is 39. The Morgan fingerprint density at radius 1 is 0.370 bits per heavy atom. The van der Waals surface area contributed by atoms with Gasteiger partial charge in [-0.3, -0.25) is 4.79 Å². The predicted molar refractivity (Wildman–Crippen MR) is 415 cm³/mol. The van der Waals surface area contributed by atoms with Gasteiger partial charge in [-0.1, -0.05) is 342 Å². The molecule has 2 aliphatic rings. The minimum absolute atomic E-state index is 0.253. The Morgan fingerprint density at radius 2 is 0.700 bits per heavy atom. The van der Waals surface area contributed by atoms with Crippen LogP contribution in [0.15, 0.2) is 109 Å². The third-order valence-electron chi connectivity index (χ3n) is 19.4. The fraction of sp³-hybridized carbons (Fsp3) is 0.779. The monoisotopic (exact) mass is 1410 g/mol. The number of aliphatic hydroxyl groups is 8. The molecule has 14 heteroatoms. The summed E-state index contributed by atoms with van der Waals surface area (Å²) in [4.78, 5) is 13.4. The Labute approximate surface area is 610 Å². The maximum Gasteiger partial charge on any atom is 0.220 e. The largest absolute Gasteiger partial charge is 0.394 e. The van der Waals surface area contributed by atoms with Gasteiger partial charge in [0.2, 0.25) is 5.91 Å². The van der Waals surface area contributed by atoms with Gasteiger partial charge in [-0.05, 0) is 96.3 Å². The second-order valence-corrected chi connectivity index (χ2v) is 28.5. The summed E-state index contributed by atoms with van der Waals surface area (Å²) in [6, 6.07) is -0.946. The fourth-order valence-corrected chi connectivity index (χ4v) is 13.0.